The van der Waals surface area contributed by atoms with E-state index in [1.54, 1.807) is 0 Å². The summed E-state index contributed by atoms with van der Waals surface area (Å²) in [4.78, 5) is 10.5. The molecule has 0 atom stereocenters. The number of hydrogen-bond donors (Lipinski definition) is 2. The van der Waals surface area contributed by atoms with E-state index in [0.29, 0.717) is 13.1 Å². The maximum absolute atomic E-state index is 10.5. The maximum atomic E-state index is 10.5. The van der Waals surface area contributed by atoms with E-state index in [4.69, 9.17) is 6.42 Å². The van der Waals surface area contributed by atoms with Crippen LogP contribution in [0.5, 0.6) is 0 Å². The van der Waals surface area contributed by atoms with Crippen LogP contribution in [0.1, 0.15) is 20.8 Å². The quantitative estimate of drug-likeness (QED) is 0.462. The molecule has 0 aliphatic heterocycles. The summed E-state index contributed by atoms with van der Waals surface area (Å²) < 4.78 is 0. The van der Waals surface area contributed by atoms with Crippen molar-refractivity contribution < 1.29 is 4.79 Å². The molecule has 68 valence electrons. The minimum Gasteiger partial charge on any atom is -0.355 e. The zero-order valence-corrected chi connectivity index (χ0v) is 7.90. The molecule has 0 rings (SSSR count). The Morgan fingerprint density at radius 2 is 2.08 bits per heavy atom. The molecular weight excluding hydrogens is 152 g/mol. The second-order valence-corrected chi connectivity index (χ2v) is 3.18. The van der Waals surface area contributed by atoms with Gasteiger partial charge in [0.1, 0.15) is 0 Å². The third kappa shape index (κ3) is 5.75. The second-order valence-electron chi connectivity index (χ2n) is 3.18. The molecule has 3 heteroatoms. The smallest absolute Gasteiger partial charge is 0.216 e. The van der Waals surface area contributed by atoms with Gasteiger partial charge in [0.05, 0.1) is 5.54 Å². The van der Waals surface area contributed by atoms with Gasteiger partial charge in [0.15, 0.2) is 0 Å². The van der Waals surface area contributed by atoms with Gasteiger partial charge in [0.25, 0.3) is 0 Å². The highest BCUT2D eigenvalue weighted by atomic mass is 16.1. The van der Waals surface area contributed by atoms with Crippen LogP contribution in [-0.4, -0.2) is 24.5 Å². The van der Waals surface area contributed by atoms with Crippen molar-refractivity contribution in [2.45, 2.75) is 26.3 Å². The molecular formula is C9H16N2O. The fourth-order valence-corrected chi connectivity index (χ4v) is 0.665. The van der Waals surface area contributed by atoms with Crippen molar-refractivity contribution in [3.05, 3.63) is 0 Å². The molecule has 0 aromatic rings. The van der Waals surface area contributed by atoms with Crippen LogP contribution in [-0.2, 0) is 4.79 Å². The van der Waals surface area contributed by atoms with E-state index in [0.717, 1.165) is 0 Å². The summed E-state index contributed by atoms with van der Waals surface area (Å²) in [6.45, 7) is 6.63. The van der Waals surface area contributed by atoms with E-state index in [1.807, 2.05) is 13.8 Å². The van der Waals surface area contributed by atoms with Crippen LogP contribution in [0.15, 0.2) is 0 Å². The summed E-state index contributed by atoms with van der Waals surface area (Å²) in [7, 11) is 0. The van der Waals surface area contributed by atoms with E-state index in [9.17, 15) is 4.79 Å². The molecule has 12 heavy (non-hydrogen) atoms. The fraction of sp³-hybridized carbons (Fsp3) is 0.667. The van der Waals surface area contributed by atoms with Crippen LogP contribution in [0.25, 0.3) is 0 Å². The molecule has 0 aromatic heterocycles. The van der Waals surface area contributed by atoms with Crippen LogP contribution in [0.4, 0.5) is 0 Å². The van der Waals surface area contributed by atoms with Crippen molar-refractivity contribution in [2.75, 3.05) is 13.1 Å². The number of carbonyl (C=O) groups excluding carboxylic acids is 1. The van der Waals surface area contributed by atoms with Gasteiger partial charge in [-0.05, 0) is 13.8 Å². The van der Waals surface area contributed by atoms with E-state index in [1.165, 1.54) is 6.92 Å². The zero-order valence-electron chi connectivity index (χ0n) is 7.90. The van der Waals surface area contributed by atoms with Crippen LogP contribution < -0.4 is 10.6 Å². The number of hydrogen-bond acceptors (Lipinski definition) is 2. The summed E-state index contributed by atoms with van der Waals surface area (Å²) in [6.07, 6.45) is 5.25. The van der Waals surface area contributed by atoms with Gasteiger partial charge < -0.3 is 5.32 Å². The highest BCUT2D eigenvalue weighted by Gasteiger charge is 2.10. The molecule has 0 radical (unpaired) electrons. The molecule has 0 fully saturated rings. The van der Waals surface area contributed by atoms with Crippen molar-refractivity contribution in [3.63, 3.8) is 0 Å². The number of amides is 1. The SMILES string of the molecule is C#CC(C)(C)NCCNC(C)=O. The number of terminal acetylenes is 1. The minimum atomic E-state index is -0.293. The standard InChI is InChI=1S/C9H16N2O/c1-5-9(3,4)11-7-6-10-8(2)12/h1,11H,6-7H2,2-4H3,(H,10,12). The Morgan fingerprint density at radius 1 is 1.50 bits per heavy atom. The van der Waals surface area contributed by atoms with Crippen molar-refractivity contribution in [1.82, 2.24) is 10.6 Å². The molecule has 0 saturated heterocycles. The van der Waals surface area contributed by atoms with Gasteiger partial charge in [-0.2, -0.15) is 0 Å². The third-order valence-corrected chi connectivity index (χ3v) is 1.43. The third-order valence-electron chi connectivity index (χ3n) is 1.43. The molecule has 0 aromatic carbocycles. The Balaban J connectivity index is 3.45. The Hall–Kier alpha value is -1.01. The molecule has 0 saturated carbocycles. The van der Waals surface area contributed by atoms with Crippen molar-refractivity contribution in [2.24, 2.45) is 0 Å². The van der Waals surface area contributed by atoms with Crippen LogP contribution >= 0.6 is 0 Å². The molecule has 0 bridgehead atoms. The first kappa shape index (κ1) is 11.0. The largest absolute Gasteiger partial charge is 0.355 e. The van der Waals surface area contributed by atoms with E-state index in [-0.39, 0.29) is 11.4 Å². The molecule has 2 N–H and O–H groups in total. The molecule has 0 heterocycles. The van der Waals surface area contributed by atoms with E-state index < -0.39 is 0 Å². The summed E-state index contributed by atoms with van der Waals surface area (Å²) in [6, 6.07) is 0. The molecule has 1 amide bonds. The Morgan fingerprint density at radius 3 is 2.50 bits per heavy atom. The summed E-state index contributed by atoms with van der Waals surface area (Å²) in [5.74, 6) is 2.59. The lowest BCUT2D eigenvalue weighted by Gasteiger charge is -2.19. The number of carbonyl (C=O) groups is 1. The molecule has 3 nitrogen and oxygen atoms in total. The maximum Gasteiger partial charge on any atom is 0.216 e. The first-order valence-electron chi connectivity index (χ1n) is 3.95. The lowest BCUT2D eigenvalue weighted by molar-refractivity contribution is -0.118. The highest BCUT2D eigenvalue weighted by molar-refractivity contribution is 5.72. The van der Waals surface area contributed by atoms with Crippen molar-refractivity contribution in [3.8, 4) is 12.3 Å². The Bertz CT molecular complexity index is 191. The summed E-state index contributed by atoms with van der Waals surface area (Å²) in [5.41, 5.74) is -0.293. The monoisotopic (exact) mass is 168 g/mol. The van der Waals surface area contributed by atoms with Gasteiger partial charge in [0, 0.05) is 20.0 Å². The Kier molecular flexibility index (Phi) is 4.38. The molecule has 0 unspecified atom stereocenters. The summed E-state index contributed by atoms with van der Waals surface area (Å²) >= 11 is 0. The predicted octanol–water partition coefficient (Wildman–Crippen LogP) is 0.124. The normalized spacial score (nSPS) is 10.5. The first-order chi connectivity index (χ1) is 5.48. The molecule has 0 aliphatic rings. The first-order valence-corrected chi connectivity index (χ1v) is 3.95. The van der Waals surface area contributed by atoms with Gasteiger partial charge >= 0.3 is 0 Å². The fourth-order valence-electron chi connectivity index (χ4n) is 0.665. The van der Waals surface area contributed by atoms with Crippen LogP contribution in [0.3, 0.4) is 0 Å². The highest BCUT2D eigenvalue weighted by Crippen LogP contribution is 1.96. The average Bonchev–Trinajstić information content (AvgIpc) is 1.98. The van der Waals surface area contributed by atoms with Crippen molar-refractivity contribution in [1.29, 1.82) is 0 Å². The van der Waals surface area contributed by atoms with E-state index >= 15 is 0 Å². The second kappa shape index (κ2) is 4.78. The van der Waals surface area contributed by atoms with Gasteiger partial charge in [-0.15, -0.1) is 6.42 Å². The lowest BCUT2D eigenvalue weighted by atomic mass is 10.1. The van der Waals surface area contributed by atoms with Gasteiger partial charge in [-0.1, -0.05) is 5.92 Å². The Labute approximate surface area is 73.9 Å². The minimum absolute atomic E-state index is 0.0182. The van der Waals surface area contributed by atoms with Gasteiger partial charge in [0.2, 0.25) is 5.91 Å². The number of nitrogens with one attached hydrogen (secondary N) is 2. The van der Waals surface area contributed by atoms with Crippen LogP contribution in [0, 0.1) is 12.3 Å². The van der Waals surface area contributed by atoms with Gasteiger partial charge in [-0.25, -0.2) is 0 Å². The molecule has 0 spiro atoms. The molecule has 0 aliphatic carbocycles. The lowest BCUT2D eigenvalue weighted by Crippen LogP contribution is -2.42. The van der Waals surface area contributed by atoms with Gasteiger partial charge in [-0.3, -0.25) is 10.1 Å². The summed E-state index contributed by atoms with van der Waals surface area (Å²) in [5, 5.41) is 5.79. The van der Waals surface area contributed by atoms with Crippen molar-refractivity contribution >= 4 is 5.91 Å². The average molecular weight is 168 g/mol. The van der Waals surface area contributed by atoms with Crippen LogP contribution in [0.2, 0.25) is 0 Å². The number of rotatable bonds is 4. The van der Waals surface area contributed by atoms with E-state index in [2.05, 4.69) is 16.6 Å². The topological polar surface area (TPSA) is 41.1 Å². The predicted molar refractivity (Wildman–Crippen MR) is 49.6 cm³/mol. The zero-order chi connectivity index (χ0) is 9.61.